The number of aliphatic hydroxyl groups is 2. The largest absolute Gasteiger partial charge is 0.394 e. The molecule has 0 bridgehead atoms. The van der Waals surface area contributed by atoms with Crippen molar-refractivity contribution in [1.29, 1.82) is 0 Å². The molecule has 2 aliphatic heterocycles. The van der Waals surface area contributed by atoms with Gasteiger partial charge in [-0.25, -0.2) is 0 Å². The van der Waals surface area contributed by atoms with Crippen LogP contribution in [-0.4, -0.2) is 60.4 Å². The zero-order valence-electron chi connectivity index (χ0n) is 9.62. The van der Waals surface area contributed by atoms with Gasteiger partial charge in [-0.15, -0.1) is 0 Å². The smallest absolute Gasteiger partial charge is 0.190 e. The lowest BCUT2D eigenvalue weighted by atomic mass is 10.1. The maximum atomic E-state index is 9.58. The molecule has 2 saturated heterocycles. The van der Waals surface area contributed by atoms with Gasteiger partial charge in [0.25, 0.3) is 0 Å². The van der Waals surface area contributed by atoms with Crippen molar-refractivity contribution in [3.63, 3.8) is 0 Å². The van der Waals surface area contributed by atoms with E-state index in [1.165, 1.54) is 7.11 Å². The van der Waals surface area contributed by atoms with Crippen LogP contribution in [0.25, 0.3) is 0 Å². The molecule has 0 amide bonds. The molecule has 5 atom stereocenters. The molecule has 94 valence electrons. The number of hydrogen-bond donors (Lipinski definition) is 2. The Kier molecular flexibility index (Phi) is 3.22. The van der Waals surface area contributed by atoms with Crippen LogP contribution in [0.3, 0.4) is 0 Å². The zero-order valence-corrected chi connectivity index (χ0v) is 9.62. The van der Waals surface area contributed by atoms with E-state index in [4.69, 9.17) is 24.1 Å². The lowest BCUT2D eigenvalue weighted by molar-refractivity contribution is -0.229. The van der Waals surface area contributed by atoms with Gasteiger partial charge in [-0.05, 0) is 13.8 Å². The minimum absolute atomic E-state index is 0.369. The molecule has 0 aromatic heterocycles. The zero-order chi connectivity index (χ0) is 11.9. The molecule has 0 radical (unpaired) electrons. The van der Waals surface area contributed by atoms with E-state index < -0.39 is 30.4 Å². The van der Waals surface area contributed by atoms with Gasteiger partial charge in [-0.2, -0.15) is 0 Å². The van der Waals surface area contributed by atoms with Crippen LogP contribution in [-0.2, 0) is 18.9 Å². The molecule has 16 heavy (non-hydrogen) atoms. The van der Waals surface area contributed by atoms with Gasteiger partial charge in [-0.1, -0.05) is 0 Å². The molecule has 2 heterocycles. The van der Waals surface area contributed by atoms with Crippen LogP contribution < -0.4 is 0 Å². The highest BCUT2D eigenvalue weighted by molar-refractivity contribution is 4.96. The van der Waals surface area contributed by atoms with Gasteiger partial charge in [0.1, 0.15) is 24.4 Å². The molecule has 0 aromatic rings. The molecule has 6 heteroatoms. The average Bonchev–Trinajstić information content (AvgIpc) is 2.68. The average molecular weight is 234 g/mol. The summed E-state index contributed by atoms with van der Waals surface area (Å²) >= 11 is 0. The standard InChI is InChI=1S/C10H18O6/c1-10(2)15-8-7(13-3)6(5(12)4-11)14-9(8)16-10/h5-9,11-12H,4H2,1-3H3/t5?,6-,7-,8?,9-/m0/s1. The van der Waals surface area contributed by atoms with E-state index >= 15 is 0 Å². The number of methoxy groups -OCH3 is 1. The van der Waals surface area contributed by atoms with Gasteiger partial charge in [0.05, 0.1) is 6.61 Å². The Morgan fingerprint density at radius 2 is 2.06 bits per heavy atom. The molecule has 6 nitrogen and oxygen atoms in total. The lowest BCUT2D eigenvalue weighted by Crippen LogP contribution is -2.43. The van der Waals surface area contributed by atoms with Gasteiger partial charge in [0.2, 0.25) is 0 Å². The van der Waals surface area contributed by atoms with E-state index in [0.29, 0.717) is 0 Å². The fourth-order valence-corrected chi connectivity index (χ4v) is 2.19. The summed E-state index contributed by atoms with van der Waals surface area (Å²) in [4.78, 5) is 0. The molecule has 0 saturated carbocycles. The molecule has 2 N–H and O–H groups in total. The molecular formula is C10H18O6. The molecule has 0 spiro atoms. The molecule has 2 unspecified atom stereocenters. The highest BCUT2D eigenvalue weighted by atomic mass is 16.8. The van der Waals surface area contributed by atoms with Crippen molar-refractivity contribution in [2.75, 3.05) is 13.7 Å². The van der Waals surface area contributed by atoms with Crippen LogP contribution in [0.1, 0.15) is 13.8 Å². The van der Waals surface area contributed by atoms with Crippen LogP contribution >= 0.6 is 0 Å². The van der Waals surface area contributed by atoms with Gasteiger partial charge in [0, 0.05) is 7.11 Å². The Bertz CT molecular complexity index is 256. The summed E-state index contributed by atoms with van der Waals surface area (Å²) in [6.07, 6.45) is -2.97. The summed E-state index contributed by atoms with van der Waals surface area (Å²) in [5.41, 5.74) is 0. The van der Waals surface area contributed by atoms with Crippen molar-refractivity contribution in [2.45, 2.75) is 50.3 Å². The van der Waals surface area contributed by atoms with E-state index in [9.17, 15) is 5.11 Å². The Labute approximate surface area is 94.1 Å². The summed E-state index contributed by atoms with van der Waals surface area (Å²) < 4.78 is 21.9. The Balaban J connectivity index is 2.09. The highest BCUT2D eigenvalue weighted by Crippen LogP contribution is 2.39. The van der Waals surface area contributed by atoms with Gasteiger partial charge in [-0.3, -0.25) is 0 Å². The first-order valence-electron chi connectivity index (χ1n) is 5.31. The third-order valence-corrected chi connectivity index (χ3v) is 2.87. The predicted octanol–water partition coefficient (Wildman–Crippen LogP) is -0.769. The lowest BCUT2D eigenvalue weighted by Gasteiger charge is -2.26. The second-order valence-corrected chi connectivity index (χ2v) is 4.52. The summed E-state index contributed by atoms with van der Waals surface area (Å²) in [7, 11) is 1.52. The second-order valence-electron chi connectivity index (χ2n) is 4.52. The van der Waals surface area contributed by atoms with Crippen molar-refractivity contribution < 1.29 is 29.2 Å². The van der Waals surface area contributed by atoms with Crippen molar-refractivity contribution in [3.8, 4) is 0 Å². The van der Waals surface area contributed by atoms with Gasteiger partial charge in [0.15, 0.2) is 12.1 Å². The first-order chi connectivity index (χ1) is 7.48. The van der Waals surface area contributed by atoms with Crippen LogP contribution in [0, 0.1) is 0 Å². The van der Waals surface area contributed by atoms with Crippen molar-refractivity contribution in [1.82, 2.24) is 0 Å². The predicted molar refractivity (Wildman–Crippen MR) is 52.6 cm³/mol. The Morgan fingerprint density at radius 3 is 2.62 bits per heavy atom. The van der Waals surface area contributed by atoms with Gasteiger partial charge < -0.3 is 29.2 Å². The molecule has 2 rings (SSSR count). The quantitative estimate of drug-likeness (QED) is 0.668. The first kappa shape index (κ1) is 12.2. The maximum absolute atomic E-state index is 9.58. The van der Waals surface area contributed by atoms with Crippen molar-refractivity contribution in [3.05, 3.63) is 0 Å². The van der Waals surface area contributed by atoms with E-state index in [2.05, 4.69) is 0 Å². The number of ether oxygens (including phenoxy) is 4. The summed E-state index contributed by atoms with van der Waals surface area (Å²) in [5, 5.41) is 18.5. The monoisotopic (exact) mass is 234 g/mol. The topological polar surface area (TPSA) is 77.4 Å². The van der Waals surface area contributed by atoms with Crippen molar-refractivity contribution in [2.24, 2.45) is 0 Å². The van der Waals surface area contributed by atoms with Crippen LogP contribution in [0.4, 0.5) is 0 Å². The van der Waals surface area contributed by atoms with Crippen LogP contribution in [0.15, 0.2) is 0 Å². The molecule has 0 aliphatic carbocycles. The summed E-state index contributed by atoms with van der Waals surface area (Å²) in [6.45, 7) is 3.20. The molecule has 2 aliphatic rings. The number of fused-ring (bicyclic) bond motifs is 1. The fraction of sp³-hybridized carbons (Fsp3) is 1.00. The number of hydrogen-bond acceptors (Lipinski definition) is 6. The third-order valence-electron chi connectivity index (χ3n) is 2.87. The minimum atomic E-state index is -0.995. The van der Waals surface area contributed by atoms with Crippen LogP contribution in [0.5, 0.6) is 0 Å². The first-order valence-corrected chi connectivity index (χ1v) is 5.31. The highest BCUT2D eigenvalue weighted by Gasteiger charge is 2.56. The summed E-state index contributed by atoms with van der Waals surface area (Å²) in [5.74, 6) is -0.707. The summed E-state index contributed by atoms with van der Waals surface area (Å²) in [6, 6.07) is 0. The van der Waals surface area contributed by atoms with Crippen molar-refractivity contribution >= 4 is 0 Å². The second kappa shape index (κ2) is 4.21. The molecule has 2 fully saturated rings. The minimum Gasteiger partial charge on any atom is -0.394 e. The van der Waals surface area contributed by atoms with Crippen LogP contribution in [0.2, 0.25) is 0 Å². The van der Waals surface area contributed by atoms with E-state index in [1.807, 2.05) is 0 Å². The fourth-order valence-electron chi connectivity index (χ4n) is 2.19. The third kappa shape index (κ3) is 1.97. The maximum Gasteiger partial charge on any atom is 0.190 e. The van der Waals surface area contributed by atoms with E-state index in [-0.39, 0.29) is 12.7 Å². The normalized spacial score (nSPS) is 43.3. The Morgan fingerprint density at radius 1 is 1.38 bits per heavy atom. The molecule has 0 aromatic carbocycles. The van der Waals surface area contributed by atoms with Gasteiger partial charge >= 0.3 is 0 Å². The SMILES string of the molecule is CO[C@@H]1C2OC(C)(C)O[C@@H]2O[C@H]1C(O)CO. The molecular weight excluding hydrogens is 216 g/mol. The Hall–Kier alpha value is -0.240. The van der Waals surface area contributed by atoms with E-state index in [1.54, 1.807) is 13.8 Å². The number of aliphatic hydroxyl groups excluding tert-OH is 2. The number of rotatable bonds is 3. The van der Waals surface area contributed by atoms with E-state index in [0.717, 1.165) is 0 Å².